The van der Waals surface area contributed by atoms with Crippen molar-refractivity contribution in [3.63, 3.8) is 0 Å². The first-order chi connectivity index (χ1) is 18.1. The smallest absolute Gasteiger partial charge is 0.293 e. The number of benzene rings is 2. The van der Waals surface area contributed by atoms with Crippen LogP contribution < -0.4 is 20.6 Å². The number of fused-ring (bicyclic) bond motifs is 1. The Morgan fingerprint density at radius 2 is 1.97 bits per heavy atom. The molecule has 0 saturated heterocycles. The van der Waals surface area contributed by atoms with Gasteiger partial charge in [-0.3, -0.25) is 9.69 Å². The van der Waals surface area contributed by atoms with Gasteiger partial charge < -0.3 is 15.2 Å². The molecule has 0 aliphatic carbocycles. The zero-order valence-corrected chi connectivity index (χ0v) is 20.3. The highest BCUT2D eigenvalue weighted by Crippen LogP contribution is 2.27. The number of ether oxygens (including phenoxy) is 2. The Morgan fingerprint density at radius 1 is 1.16 bits per heavy atom. The van der Waals surface area contributed by atoms with E-state index in [1.54, 1.807) is 32.4 Å². The van der Waals surface area contributed by atoms with Gasteiger partial charge in [0.2, 0.25) is 11.6 Å². The number of nitrogens with zero attached hydrogens (tertiary/aromatic N) is 7. The zero-order valence-electron chi connectivity index (χ0n) is 20.3. The highest BCUT2D eigenvalue weighted by atomic mass is 16.6. The molecule has 0 fully saturated rings. The third-order valence-corrected chi connectivity index (χ3v) is 6.04. The first-order valence-electron chi connectivity index (χ1n) is 11.4. The summed E-state index contributed by atoms with van der Waals surface area (Å²) in [6, 6.07) is 13.6. The van der Waals surface area contributed by atoms with E-state index < -0.39 is 5.91 Å². The molecule has 1 aliphatic heterocycles. The molecular weight excluding hydrogens is 478 g/mol. The van der Waals surface area contributed by atoms with Crippen LogP contribution in [-0.2, 0) is 19.5 Å². The van der Waals surface area contributed by atoms with Gasteiger partial charge >= 0.3 is 0 Å². The Labute approximate surface area is 211 Å². The van der Waals surface area contributed by atoms with Gasteiger partial charge in [-0.1, -0.05) is 29.5 Å². The van der Waals surface area contributed by atoms with Gasteiger partial charge in [0.1, 0.15) is 0 Å². The molecule has 0 saturated carbocycles. The lowest BCUT2D eigenvalue weighted by Gasteiger charge is -2.28. The largest absolute Gasteiger partial charge is 0.493 e. The molecule has 0 atom stereocenters. The SMILES string of the molecule is COc1ccc(/C=N/NC(=O)c2nnn(-c3nonc3N)c2CN2CCc3ccccc3C2)cc1OC. The van der Waals surface area contributed by atoms with Gasteiger partial charge in [-0.25, -0.2) is 10.1 Å². The van der Waals surface area contributed by atoms with Crippen LogP contribution in [0.5, 0.6) is 11.5 Å². The van der Waals surface area contributed by atoms with Crippen molar-refractivity contribution < 1.29 is 18.9 Å². The predicted molar refractivity (Wildman–Crippen MR) is 132 cm³/mol. The topological polar surface area (TPSA) is 159 Å². The summed E-state index contributed by atoms with van der Waals surface area (Å²) >= 11 is 0. The van der Waals surface area contributed by atoms with Crippen LogP contribution in [0.4, 0.5) is 5.82 Å². The van der Waals surface area contributed by atoms with Gasteiger partial charge in [0.15, 0.2) is 17.2 Å². The minimum Gasteiger partial charge on any atom is -0.493 e. The number of anilines is 1. The average molecular weight is 504 g/mol. The molecule has 190 valence electrons. The molecule has 1 amide bonds. The van der Waals surface area contributed by atoms with Crippen LogP contribution in [0.25, 0.3) is 5.82 Å². The van der Waals surface area contributed by atoms with Crippen molar-refractivity contribution >= 4 is 17.9 Å². The molecule has 2 aromatic heterocycles. The Balaban J connectivity index is 1.38. The zero-order chi connectivity index (χ0) is 25.8. The molecule has 2 aromatic carbocycles. The van der Waals surface area contributed by atoms with Gasteiger partial charge in [-0.05, 0) is 51.6 Å². The summed E-state index contributed by atoms with van der Waals surface area (Å²) in [4.78, 5) is 15.3. The van der Waals surface area contributed by atoms with Crippen molar-refractivity contribution in [2.45, 2.75) is 19.5 Å². The molecule has 3 N–H and O–H groups in total. The Kier molecular flexibility index (Phi) is 6.76. The molecule has 1 aliphatic rings. The third kappa shape index (κ3) is 4.97. The summed E-state index contributed by atoms with van der Waals surface area (Å²) in [7, 11) is 3.10. The maximum Gasteiger partial charge on any atom is 0.293 e. The van der Waals surface area contributed by atoms with Gasteiger partial charge in [0, 0.05) is 19.6 Å². The molecule has 13 heteroatoms. The van der Waals surface area contributed by atoms with Crippen LogP contribution in [0.3, 0.4) is 0 Å². The second-order valence-corrected chi connectivity index (χ2v) is 8.31. The summed E-state index contributed by atoms with van der Waals surface area (Å²) in [6.45, 7) is 1.88. The average Bonchev–Trinajstić information content (AvgIpc) is 3.53. The van der Waals surface area contributed by atoms with E-state index in [0.29, 0.717) is 35.8 Å². The van der Waals surface area contributed by atoms with E-state index in [1.165, 1.54) is 22.0 Å². The molecule has 0 spiro atoms. The van der Waals surface area contributed by atoms with Crippen molar-refractivity contribution in [1.82, 2.24) is 35.6 Å². The summed E-state index contributed by atoms with van der Waals surface area (Å²) in [5.74, 6) is 0.795. The van der Waals surface area contributed by atoms with Gasteiger partial charge in [-0.2, -0.15) is 9.78 Å². The number of nitrogen functional groups attached to an aromatic ring is 1. The monoisotopic (exact) mass is 503 g/mol. The van der Waals surface area contributed by atoms with Crippen LogP contribution >= 0.6 is 0 Å². The second-order valence-electron chi connectivity index (χ2n) is 8.31. The molecule has 3 heterocycles. The number of rotatable bonds is 8. The Bertz CT molecular complexity index is 1450. The molecule has 13 nitrogen and oxygen atoms in total. The number of nitrogens with one attached hydrogen (secondary N) is 1. The number of nitrogens with two attached hydrogens (primary N) is 1. The van der Waals surface area contributed by atoms with Crippen molar-refractivity contribution in [2.75, 3.05) is 26.5 Å². The lowest BCUT2D eigenvalue weighted by Crippen LogP contribution is -2.32. The lowest BCUT2D eigenvalue weighted by atomic mass is 10.00. The third-order valence-electron chi connectivity index (χ3n) is 6.04. The number of aromatic nitrogens is 5. The highest BCUT2D eigenvalue weighted by molar-refractivity contribution is 5.94. The van der Waals surface area contributed by atoms with E-state index in [2.05, 4.69) is 48.2 Å². The number of carbonyl (C=O) groups is 1. The number of carbonyl (C=O) groups excluding carboxylic acids is 1. The quantitative estimate of drug-likeness (QED) is 0.267. The molecular formula is C24H25N9O4. The van der Waals surface area contributed by atoms with Crippen molar-refractivity contribution in [3.05, 3.63) is 70.5 Å². The van der Waals surface area contributed by atoms with E-state index in [0.717, 1.165) is 13.0 Å². The van der Waals surface area contributed by atoms with Gasteiger partial charge in [0.25, 0.3) is 5.91 Å². The maximum absolute atomic E-state index is 13.1. The van der Waals surface area contributed by atoms with Crippen LogP contribution in [-0.4, -0.2) is 63.1 Å². The summed E-state index contributed by atoms with van der Waals surface area (Å²) in [5, 5.41) is 19.7. The van der Waals surface area contributed by atoms with Crippen molar-refractivity contribution in [2.24, 2.45) is 5.10 Å². The number of amides is 1. The lowest BCUT2D eigenvalue weighted by molar-refractivity contribution is 0.0947. The van der Waals surface area contributed by atoms with E-state index in [1.807, 2.05) is 12.1 Å². The maximum atomic E-state index is 13.1. The predicted octanol–water partition coefficient (Wildman–Crippen LogP) is 1.57. The molecule has 37 heavy (non-hydrogen) atoms. The summed E-state index contributed by atoms with van der Waals surface area (Å²) < 4.78 is 16.7. The molecule has 5 rings (SSSR count). The van der Waals surface area contributed by atoms with E-state index in [4.69, 9.17) is 19.8 Å². The van der Waals surface area contributed by atoms with Gasteiger partial charge in [0.05, 0.1) is 26.1 Å². The standard InChI is InChI=1S/C24H25N9O4/c1-35-19-8-7-15(11-20(19)36-2)12-26-28-24(34)21-18(33(31-27-21)23-22(25)29-37-30-23)14-32-10-9-16-5-3-4-6-17(16)13-32/h3-8,11-12H,9-10,13-14H2,1-2H3,(H2,25,29)(H,28,34)/b26-12+. The van der Waals surface area contributed by atoms with E-state index in [9.17, 15) is 4.79 Å². The fourth-order valence-electron chi connectivity index (χ4n) is 4.18. The second kappa shape index (κ2) is 10.5. The van der Waals surface area contributed by atoms with Gasteiger partial charge in [-0.15, -0.1) is 5.10 Å². The number of hydrazone groups is 1. The Morgan fingerprint density at radius 3 is 2.73 bits per heavy atom. The number of methoxy groups -OCH3 is 2. The highest BCUT2D eigenvalue weighted by Gasteiger charge is 2.27. The molecule has 4 aromatic rings. The normalized spacial score (nSPS) is 13.5. The van der Waals surface area contributed by atoms with E-state index >= 15 is 0 Å². The Hall–Kier alpha value is -4.78. The van der Waals surface area contributed by atoms with Crippen LogP contribution in [0.1, 0.15) is 32.9 Å². The molecule has 0 radical (unpaired) electrons. The summed E-state index contributed by atoms with van der Waals surface area (Å²) in [5.41, 5.74) is 12.2. The van der Waals surface area contributed by atoms with Crippen molar-refractivity contribution in [1.29, 1.82) is 0 Å². The fourth-order valence-corrected chi connectivity index (χ4v) is 4.18. The summed E-state index contributed by atoms with van der Waals surface area (Å²) in [6.07, 6.45) is 2.38. The van der Waals surface area contributed by atoms with Crippen LogP contribution in [0.2, 0.25) is 0 Å². The molecule has 0 bridgehead atoms. The first-order valence-corrected chi connectivity index (χ1v) is 11.4. The fraction of sp³-hybridized carbons (Fsp3) is 0.250. The minimum absolute atomic E-state index is 0.0357. The van der Waals surface area contributed by atoms with Crippen LogP contribution in [0.15, 0.2) is 52.2 Å². The minimum atomic E-state index is -0.537. The van der Waals surface area contributed by atoms with E-state index in [-0.39, 0.29) is 17.3 Å². The van der Waals surface area contributed by atoms with Crippen LogP contribution in [0, 0.1) is 0 Å². The molecule has 0 unspecified atom stereocenters. The number of hydrogen-bond acceptors (Lipinski definition) is 11. The van der Waals surface area contributed by atoms with Crippen molar-refractivity contribution in [3.8, 4) is 17.3 Å². The number of hydrogen-bond donors (Lipinski definition) is 2. The first kappa shape index (κ1) is 23.9.